The summed E-state index contributed by atoms with van der Waals surface area (Å²) in [4.78, 5) is 14.3. The maximum atomic E-state index is 12.3. The Morgan fingerprint density at radius 1 is 1.67 bits per heavy atom. The van der Waals surface area contributed by atoms with Crippen LogP contribution in [0.4, 0.5) is 0 Å². The molecular formula is C14H22N2OS. The van der Waals surface area contributed by atoms with Crippen molar-refractivity contribution in [3.05, 3.63) is 22.4 Å². The second-order valence-electron chi connectivity index (χ2n) is 5.05. The first-order valence-corrected chi connectivity index (χ1v) is 7.73. The molecule has 2 rings (SSSR count). The van der Waals surface area contributed by atoms with Gasteiger partial charge in [0, 0.05) is 19.0 Å². The Labute approximate surface area is 113 Å². The van der Waals surface area contributed by atoms with E-state index < -0.39 is 0 Å². The standard InChI is InChI=1S/C14H22N2OS/c1-2-4-12(15)9-14(17)16-7-3-5-13(16)11-6-8-18-10-11/h6,8,10,12-13H,2-5,7,9,15H2,1H3. The van der Waals surface area contributed by atoms with Crippen molar-refractivity contribution in [1.82, 2.24) is 4.90 Å². The van der Waals surface area contributed by atoms with Gasteiger partial charge in [0.1, 0.15) is 0 Å². The van der Waals surface area contributed by atoms with Crippen LogP contribution in [0.2, 0.25) is 0 Å². The molecule has 3 nitrogen and oxygen atoms in total. The molecule has 0 spiro atoms. The number of nitrogens with two attached hydrogens (primary N) is 1. The summed E-state index contributed by atoms with van der Waals surface area (Å²) in [7, 11) is 0. The van der Waals surface area contributed by atoms with E-state index in [1.807, 2.05) is 4.90 Å². The first-order valence-electron chi connectivity index (χ1n) is 6.79. The molecule has 0 aliphatic carbocycles. The zero-order valence-electron chi connectivity index (χ0n) is 11.0. The van der Waals surface area contributed by atoms with Crippen molar-refractivity contribution >= 4 is 17.2 Å². The molecule has 4 heteroatoms. The summed E-state index contributed by atoms with van der Waals surface area (Å²) >= 11 is 1.70. The fraction of sp³-hybridized carbons (Fsp3) is 0.643. The summed E-state index contributed by atoms with van der Waals surface area (Å²) < 4.78 is 0. The molecule has 0 aromatic carbocycles. The van der Waals surface area contributed by atoms with Crippen LogP contribution >= 0.6 is 11.3 Å². The SMILES string of the molecule is CCCC(N)CC(=O)N1CCCC1c1ccsc1. The molecule has 2 unspecified atom stereocenters. The fourth-order valence-electron chi connectivity index (χ4n) is 2.69. The van der Waals surface area contributed by atoms with E-state index in [0.29, 0.717) is 6.42 Å². The van der Waals surface area contributed by atoms with Crippen LogP contribution in [0.25, 0.3) is 0 Å². The predicted molar refractivity (Wildman–Crippen MR) is 75.5 cm³/mol. The molecule has 0 saturated carbocycles. The zero-order chi connectivity index (χ0) is 13.0. The second kappa shape index (κ2) is 6.34. The number of carbonyl (C=O) groups excluding carboxylic acids is 1. The smallest absolute Gasteiger partial charge is 0.224 e. The van der Waals surface area contributed by atoms with Gasteiger partial charge in [-0.3, -0.25) is 4.79 Å². The number of rotatable bonds is 5. The van der Waals surface area contributed by atoms with Crippen LogP contribution in [0.3, 0.4) is 0 Å². The van der Waals surface area contributed by atoms with Gasteiger partial charge in [-0.15, -0.1) is 0 Å². The third-order valence-corrected chi connectivity index (χ3v) is 4.30. The Hall–Kier alpha value is -0.870. The Morgan fingerprint density at radius 2 is 2.50 bits per heavy atom. The maximum absolute atomic E-state index is 12.3. The van der Waals surface area contributed by atoms with Crippen LogP contribution < -0.4 is 5.73 Å². The Bertz CT molecular complexity index is 377. The molecule has 100 valence electrons. The van der Waals surface area contributed by atoms with E-state index in [2.05, 4.69) is 23.8 Å². The number of amides is 1. The van der Waals surface area contributed by atoms with Crippen molar-refractivity contribution in [1.29, 1.82) is 0 Å². The number of hydrogen-bond acceptors (Lipinski definition) is 3. The van der Waals surface area contributed by atoms with Crippen LogP contribution in [-0.4, -0.2) is 23.4 Å². The van der Waals surface area contributed by atoms with Gasteiger partial charge in [-0.2, -0.15) is 11.3 Å². The van der Waals surface area contributed by atoms with Crippen molar-refractivity contribution < 1.29 is 4.79 Å². The van der Waals surface area contributed by atoms with Gasteiger partial charge in [0.25, 0.3) is 0 Å². The maximum Gasteiger partial charge on any atom is 0.224 e. The number of hydrogen-bond donors (Lipinski definition) is 1. The molecule has 2 N–H and O–H groups in total. The van der Waals surface area contributed by atoms with E-state index in [0.717, 1.165) is 32.2 Å². The van der Waals surface area contributed by atoms with Gasteiger partial charge in [-0.05, 0) is 41.7 Å². The normalized spacial score (nSPS) is 21.2. The van der Waals surface area contributed by atoms with Crippen molar-refractivity contribution in [3.8, 4) is 0 Å². The van der Waals surface area contributed by atoms with Crippen molar-refractivity contribution in [2.24, 2.45) is 5.73 Å². The Morgan fingerprint density at radius 3 is 3.17 bits per heavy atom. The first kappa shape index (κ1) is 13.6. The van der Waals surface area contributed by atoms with E-state index in [4.69, 9.17) is 5.73 Å². The molecule has 1 fully saturated rings. The summed E-state index contributed by atoms with van der Waals surface area (Å²) in [6.07, 6.45) is 4.67. The summed E-state index contributed by atoms with van der Waals surface area (Å²) in [5.74, 6) is 0.227. The highest BCUT2D eigenvalue weighted by Gasteiger charge is 2.30. The van der Waals surface area contributed by atoms with Gasteiger partial charge < -0.3 is 10.6 Å². The third kappa shape index (κ3) is 3.12. The topological polar surface area (TPSA) is 46.3 Å². The zero-order valence-corrected chi connectivity index (χ0v) is 11.8. The number of thiophene rings is 1. The van der Waals surface area contributed by atoms with Gasteiger partial charge in [-0.1, -0.05) is 13.3 Å². The van der Waals surface area contributed by atoms with E-state index in [1.54, 1.807) is 11.3 Å². The van der Waals surface area contributed by atoms with Crippen LogP contribution in [0, 0.1) is 0 Å². The number of nitrogens with zero attached hydrogens (tertiary/aromatic N) is 1. The summed E-state index contributed by atoms with van der Waals surface area (Å²) in [6.45, 7) is 2.99. The second-order valence-corrected chi connectivity index (χ2v) is 5.83. The largest absolute Gasteiger partial charge is 0.336 e. The average Bonchev–Trinajstić information content (AvgIpc) is 3.00. The highest BCUT2D eigenvalue weighted by molar-refractivity contribution is 7.07. The van der Waals surface area contributed by atoms with Crippen LogP contribution in [0.1, 0.15) is 50.6 Å². The van der Waals surface area contributed by atoms with Crippen LogP contribution in [0.15, 0.2) is 16.8 Å². The highest BCUT2D eigenvalue weighted by Crippen LogP contribution is 2.33. The van der Waals surface area contributed by atoms with Crippen LogP contribution in [-0.2, 0) is 4.79 Å². The lowest BCUT2D eigenvalue weighted by molar-refractivity contribution is -0.132. The van der Waals surface area contributed by atoms with Crippen molar-refractivity contribution in [3.63, 3.8) is 0 Å². The lowest BCUT2D eigenvalue weighted by atomic mass is 10.1. The molecule has 1 aliphatic heterocycles. The lowest BCUT2D eigenvalue weighted by Gasteiger charge is -2.25. The molecule has 0 bridgehead atoms. The number of carbonyl (C=O) groups is 1. The van der Waals surface area contributed by atoms with Gasteiger partial charge in [-0.25, -0.2) is 0 Å². The molecule has 2 atom stereocenters. The monoisotopic (exact) mass is 266 g/mol. The summed E-state index contributed by atoms with van der Waals surface area (Å²) in [5, 5.41) is 4.24. The average molecular weight is 266 g/mol. The van der Waals surface area contributed by atoms with E-state index in [1.165, 1.54) is 5.56 Å². The summed E-state index contributed by atoms with van der Waals surface area (Å²) in [6, 6.07) is 2.44. The molecule has 18 heavy (non-hydrogen) atoms. The molecule has 1 aromatic heterocycles. The van der Waals surface area contributed by atoms with Crippen molar-refractivity contribution in [2.45, 2.75) is 51.1 Å². The molecular weight excluding hydrogens is 244 g/mol. The van der Waals surface area contributed by atoms with Gasteiger partial charge in [0.05, 0.1) is 6.04 Å². The number of likely N-dealkylation sites (tertiary alicyclic amines) is 1. The molecule has 1 amide bonds. The Balaban J connectivity index is 1.97. The Kier molecular flexibility index (Phi) is 4.78. The minimum absolute atomic E-state index is 0.0197. The van der Waals surface area contributed by atoms with E-state index in [9.17, 15) is 4.79 Å². The highest BCUT2D eigenvalue weighted by atomic mass is 32.1. The van der Waals surface area contributed by atoms with E-state index in [-0.39, 0.29) is 18.0 Å². The van der Waals surface area contributed by atoms with Gasteiger partial charge in [0.2, 0.25) is 5.91 Å². The van der Waals surface area contributed by atoms with Crippen LogP contribution in [0.5, 0.6) is 0 Å². The van der Waals surface area contributed by atoms with Gasteiger partial charge in [0.15, 0.2) is 0 Å². The molecule has 1 aromatic rings. The van der Waals surface area contributed by atoms with Crippen molar-refractivity contribution in [2.75, 3.05) is 6.54 Å². The summed E-state index contributed by atoms with van der Waals surface area (Å²) in [5.41, 5.74) is 7.26. The van der Waals surface area contributed by atoms with E-state index >= 15 is 0 Å². The first-order chi connectivity index (χ1) is 8.72. The third-order valence-electron chi connectivity index (χ3n) is 3.60. The fourth-order valence-corrected chi connectivity index (χ4v) is 3.40. The molecule has 1 saturated heterocycles. The molecule has 2 heterocycles. The minimum Gasteiger partial charge on any atom is -0.336 e. The predicted octanol–water partition coefficient (Wildman–Crippen LogP) is 2.93. The minimum atomic E-state index is 0.0197. The quantitative estimate of drug-likeness (QED) is 0.890. The molecule has 1 aliphatic rings. The molecule has 0 radical (unpaired) electrons. The lowest BCUT2D eigenvalue weighted by Crippen LogP contribution is -2.35. The van der Waals surface area contributed by atoms with Gasteiger partial charge >= 0.3 is 0 Å².